The zero-order valence-corrected chi connectivity index (χ0v) is 8.92. The van der Waals surface area contributed by atoms with Gasteiger partial charge in [-0.15, -0.1) is 0 Å². The van der Waals surface area contributed by atoms with Crippen LogP contribution in [0.25, 0.3) is 11.6 Å². The molecule has 0 aromatic carbocycles. The Kier molecular flexibility index (Phi) is 3.33. The fraction of sp³-hybridized carbons (Fsp3) is 0.400. The first-order valence-corrected chi connectivity index (χ1v) is 4.92. The van der Waals surface area contributed by atoms with Crippen molar-refractivity contribution >= 4 is 0 Å². The highest BCUT2D eigenvalue weighted by Gasteiger charge is 2.14. The van der Waals surface area contributed by atoms with E-state index in [9.17, 15) is 0 Å². The van der Waals surface area contributed by atoms with E-state index in [1.54, 1.807) is 25.5 Å². The molecule has 86 valence electrons. The molecule has 0 spiro atoms. The van der Waals surface area contributed by atoms with Gasteiger partial charge in [0.1, 0.15) is 0 Å². The van der Waals surface area contributed by atoms with E-state index in [0.717, 1.165) is 0 Å². The van der Waals surface area contributed by atoms with E-state index < -0.39 is 0 Å². The highest BCUT2D eigenvalue weighted by Crippen LogP contribution is 2.16. The van der Waals surface area contributed by atoms with Gasteiger partial charge in [0.05, 0.1) is 18.8 Å². The molecule has 0 aliphatic carbocycles. The molecule has 0 aliphatic rings. The van der Waals surface area contributed by atoms with Gasteiger partial charge in [0.15, 0.2) is 5.76 Å². The molecule has 0 aliphatic heterocycles. The number of hydrogen-bond donors (Lipinski definition) is 1. The van der Waals surface area contributed by atoms with Crippen LogP contribution in [0.5, 0.6) is 0 Å². The Morgan fingerprint density at radius 2 is 2.44 bits per heavy atom. The largest absolute Gasteiger partial charge is 0.461 e. The van der Waals surface area contributed by atoms with Gasteiger partial charge in [0.25, 0.3) is 0 Å². The SMILES string of the molecule is COC(CN)Cc1nc(-c2ccco2)no1. The number of ether oxygens (including phenoxy) is 1. The second kappa shape index (κ2) is 4.91. The predicted octanol–water partition coefficient (Wildman–Crippen LogP) is 0.846. The van der Waals surface area contributed by atoms with Gasteiger partial charge in [-0.05, 0) is 12.1 Å². The van der Waals surface area contributed by atoms with Crippen LogP contribution in [0.2, 0.25) is 0 Å². The smallest absolute Gasteiger partial charge is 0.238 e. The number of nitrogens with two attached hydrogens (primary N) is 1. The molecule has 6 heteroatoms. The second-order valence-electron chi connectivity index (χ2n) is 3.29. The fourth-order valence-corrected chi connectivity index (χ4v) is 1.30. The van der Waals surface area contributed by atoms with Crippen molar-refractivity contribution in [2.45, 2.75) is 12.5 Å². The first-order chi connectivity index (χ1) is 7.83. The van der Waals surface area contributed by atoms with Gasteiger partial charge in [-0.3, -0.25) is 0 Å². The van der Waals surface area contributed by atoms with Crippen LogP contribution in [-0.4, -0.2) is 29.9 Å². The molecule has 2 aromatic rings. The fourth-order valence-electron chi connectivity index (χ4n) is 1.30. The van der Waals surface area contributed by atoms with Crippen LogP contribution in [0.3, 0.4) is 0 Å². The maximum absolute atomic E-state index is 5.50. The maximum atomic E-state index is 5.50. The van der Waals surface area contributed by atoms with Crippen molar-refractivity contribution in [1.82, 2.24) is 10.1 Å². The zero-order valence-electron chi connectivity index (χ0n) is 8.92. The van der Waals surface area contributed by atoms with Crippen molar-refractivity contribution in [3.8, 4) is 11.6 Å². The summed E-state index contributed by atoms with van der Waals surface area (Å²) in [6.07, 6.45) is 1.95. The molecule has 0 amide bonds. The molecule has 16 heavy (non-hydrogen) atoms. The molecular weight excluding hydrogens is 210 g/mol. The molecule has 2 aromatic heterocycles. The van der Waals surface area contributed by atoms with Gasteiger partial charge in [0, 0.05) is 13.7 Å². The quantitative estimate of drug-likeness (QED) is 0.808. The normalized spacial score (nSPS) is 12.9. The summed E-state index contributed by atoms with van der Waals surface area (Å²) in [6.45, 7) is 0.412. The van der Waals surface area contributed by atoms with E-state index in [1.165, 1.54) is 0 Å². The van der Waals surface area contributed by atoms with E-state index in [4.69, 9.17) is 19.4 Å². The molecular formula is C10H13N3O3. The first kappa shape index (κ1) is 10.8. The van der Waals surface area contributed by atoms with E-state index >= 15 is 0 Å². The molecule has 0 bridgehead atoms. The third-order valence-electron chi connectivity index (χ3n) is 2.21. The van der Waals surface area contributed by atoms with E-state index in [2.05, 4.69) is 10.1 Å². The number of furan rings is 1. The van der Waals surface area contributed by atoms with Crippen LogP contribution in [0.4, 0.5) is 0 Å². The number of nitrogens with zero attached hydrogens (tertiary/aromatic N) is 2. The Bertz CT molecular complexity index is 420. The number of methoxy groups -OCH3 is 1. The summed E-state index contributed by atoms with van der Waals surface area (Å²) in [6, 6.07) is 3.54. The van der Waals surface area contributed by atoms with Gasteiger partial charge in [-0.1, -0.05) is 5.16 Å². The van der Waals surface area contributed by atoms with Crippen molar-refractivity contribution < 1.29 is 13.7 Å². The maximum Gasteiger partial charge on any atom is 0.238 e. The molecule has 1 unspecified atom stereocenters. The molecule has 0 fully saturated rings. The lowest BCUT2D eigenvalue weighted by atomic mass is 10.2. The summed E-state index contributed by atoms with van der Waals surface area (Å²) in [5.41, 5.74) is 5.50. The summed E-state index contributed by atoms with van der Waals surface area (Å²) >= 11 is 0. The molecule has 2 heterocycles. The molecule has 2 N–H and O–H groups in total. The predicted molar refractivity (Wildman–Crippen MR) is 55.6 cm³/mol. The number of hydrogen-bond acceptors (Lipinski definition) is 6. The Morgan fingerprint density at radius 1 is 1.56 bits per heavy atom. The lowest BCUT2D eigenvalue weighted by Crippen LogP contribution is -2.24. The minimum Gasteiger partial charge on any atom is -0.461 e. The monoisotopic (exact) mass is 223 g/mol. The Labute approximate surface area is 92.4 Å². The number of aromatic nitrogens is 2. The highest BCUT2D eigenvalue weighted by molar-refractivity contribution is 5.44. The lowest BCUT2D eigenvalue weighted by molar-refractivity contribution is 0.102. The van der Waals surface area contributed by atoms with Crippen molar-refractivity contribution in [3.63, 3.8) is 0 Å². The zero-order chi connectivity index (χ0) is 11.4. The molecule has 0 radical (unpaired) electrons. The minimum absolute atomic E-state index is 0.107. The number of rotatable bonds is 5. The van der Waals surface area contributed by atoms with E-state index in [1.807, 2.05) is 0 Å². The lowest BCUT2D eigenvalue weighted by Gasteiger charge is -2.08. The topological polar surface area (TPSA) is 87.3 Å². The summed E-state index contributed by atoms with van der Waals surface area (Å²) < 4.78 is 15.3. The summed E-state index contributed by atoms with van der Waals surface area (Å²) in [7, 11) is 1.60. The molecule has 0 saturated heterocycles. The van der Waals surface area contributed by atoms with Crippen LogP contribution in [-0.2, 0) is 11.2 Å². The van der Waals surface area contributed by atoms with E-state index in [0.29, 0.717) is 30.4 Å². The molecule has 6 nitrogen and oxygen atoms in total. The second-order valence-corrected chi connectivity index (χ2v) is 3.29. The molecule has 0 saturated carbocycles. The third-order valence-corrected chi connectivity index (χ3v) is 2.21. The van der Waals surface area contributed by atoms with Crippen molar-refractivity contribution in [1.29, 1.82) is 0 Å². The van der Waals surface area contributed by atoms with Gasteiger partial charge in [-0.25, -0.2) is 0 Å². The van der Waals surface area contributed by atoms with Crippen LogP contribution in [0.15, 0.2) is 27.3 Å². The van der Waals surface area contributed by atoms with Crippen molar-refractivity contribution in [2.75, 3.05) is 13.7 Å². The Balaban J connectivity index is 2.08. The van der Waals surface area contributed by atoms with Gasteiger partial charge >= 0.3 is 0 Å². The van der Waals surface area contributed by atoms with Crippen LogP contribution in [0, 0.1) is 0 Å². The standard InChI is InChI=1S/C10H13N3O3/c1-14-7(6-11)5-9-12-10(13-16-9)8-3-2-4-15-8/h2-4,7H,5-6,11H2,1H3. The third kappa shape index (κ3) is 2.29. The van der Waals surface area contributed by atoms with Crippen molar-refractivity contribution in [2.24, 2.45) is 5.73 Å². The van der Waals surface area contributed by atoms with Gasteiger partial charge < -0.3 is 19.4 Å². The van der Waals surface area contributed by atoms with Crippen molar-refractivity contribution in [3.05, 3.63) is 24.3 Å². The minimum atomic E-state index is -0.107. The van der Waals surface area contributed by atoms with Crippen LogP contribution in [0.1, 0.15) is 5.89 Å². The van der Waals surface area contributed by atoms with Crippen LogP contribution >= 0.6 is 0 Å². The highest BCUT2D eigenvalue weighted by atomic mass is 16.5. The molecule has 2 rings (SSSR count). The van der Waals surface area contributed by atoms with Crippen LogP contribution < -0.4 is 5.73 Å². The van der Waals surface area contributed by atoms with E-state index in [-0.39, 0.29) is 6.10 Å². The summed E-state index contributed by atoms with van der Waals surface area (Å²) in [5, 5.41) is 3.80. The Hall–Kier alpha value is -1.66. The average molecular weight is 223 g/mol. The van der Waals surface area contributed by atoms with Gasteiger partial charge in [0.2, 0.25) is 11.7 Å². The summed E-state index contributed by atoms with van der Waals surface area (Å²) in [5.74, 6) is 1.51. The first-order valence-electron chi connectivity index (χ1n) is 4.92. The average Bonchev–Trinajstić information content (AvgIpc) is 2.96. The van der Waals surface area contributed by atoms with Gasteiger partial charge in [-0.2, -0.15) is 4.98 Å². The summed E-state index contributed by atoms with van der Waals surface area (Å²) in [4.78, 5) is 4.18. The molecule has 1 atom stereocenters. The Morgan fingerprint density at radius 3 is 3.06 bits per heavy atom.